The zero-order valence-electron chi connectivity index (χ0n) is 16.3. The third-order valence-corrected chi connectivity index (χ3v) is 4.16. The number of ether oxygens (including phenoxy) is 1. The fourth-order valence-electron chi connectivity index (χ4n) is 2.74. The minimum Gasteiger partial charge on any atom is -0.375 e. The number of amides is 3. The molecule has 3 N–H and O–H groups in total. The summed E-state index contributed by atoms with van der Waals surface area (Å²) in [5.74, 6) is -0.931. The Balaban J connectivity index is 1.69. The second kappa shape index (κ2) is 9.99. The lowest BCUT2D eigenvalue weighted by molar-refractivity contribution is -0.119. The molecule has 7 heteroatoms. The van der Waals surface area contributed by atoms with E-state index in [1.165, 1.54) is 7.11 Å². The van der Waals surface area contributed by atoms with Crippen molar-refractivity contribution < 1.29 is 19.1 Å². The molecule has 3 rings (SSSR count). The first kappa shape index (κ1) is 20.8. The predicted molar refractivity (Wildman–Crippen MR) is 116 cm³/mol. The predicted octanol–water partition coefficient (Wildman–Crippen LogP) is 3.78. The first-order valence-corrected chi connectivity index (χ1v) is 9.22. The van der Waals surface area contributed by atoms with E-state index in [9.17, 15) is 14.4 Å². The van der Waals surface area contributed by atoms with E-state index in [1.54, 1.807) is 72.8 Å². The van der Waals surface area contributed by atoms with Crippen LogP contribution in [0.5, 0.6) is 0 Å². The number of anilines is 3. The third-order valence-electron chi connectivity index (χ3n) is 4.16. The van der Waals surface area contributed by atoms with Crippen LogP contribution in [0.1, 0.15) is 20.7 Å². The maximum Gasteiger partial charge on any atom is 0.257 e. The molecule has 0 aliphatic heterocycles. The SMILES string of the molecule is COCC(=O)Nc1ccc(NC(=O)c2ccccc2NC(=O)c2ccccc2)cc1. The normalized spacial score (nSPS) is 10.2. The Kier molecular flexibility index (Phi) is 6.91. The van der Waals surface area contributed by atoms with Gasteiger partial charge in [-0.1, -0.05) is 30.3 Å². The number of benzene rings is 3. The van der Waals surface area contributed by atoms with Gasteiger partial charge in [0, 0.05) is 24.0 Å². The van der Waals surface area contributed by atoms with Gasteiger partial charge in [0.2, 0.25) is 5.91 Å². The van der Waals surface area contributed by atoms with Crippen LogP contribution < -0.4 is 16.0 Å². The van der Waals surface area contributed by atoms with Crippen LogP contribution in [0.15, 0.2) is 78.9 Å². The van der Waals surface area contributed by atoms with Crippen molar-refractivity contribution in [2.24, 2.45) is 0 Å². The summed E-state index contributed by atoms with van der Waals surface area (Å²) < 4.78 is 4.77. The van der Waals surface area contributed by atoms with Gasteiger partial charge in [-0.25, -0.2) is 0 Å². The van der Waals surface area contributed by atoms with Crippen LogP contribution in [-0.4, -0.2) is 31.4 Å². The minimum atomic E-state index is -0.366. The fraction of sp³-hybridized carbons (Fsp3) is 0.0870. The molecule has 0 heterocycles. The van der Waals surface area contributed by atoms with E-state index in [0.717, 1.165) is 0 Å². The van der Waals surface area contributed by atoms with E-state index in [2.05, 4.69) is 16.0 Å². The topological polar surface area (TPSA) is 96.5 Å². The van der Waals surface area contributed by atoms with Crippen molar-refractivity contribution in [1.29, 1.82) is 0 Å². The lowest BCUT2D eigenvalue weighted by Crippen LogP contribution is -2.18. The molecule has 0 bridgehead atoms. The first-order valence-electron chi connectivity index (χ1n) is 9.22. The number of carbonyl (C=O) groups excluding carboxylic acids is 3. The largest absolute Gasteiger partial charge is 0.375 e. The summed E-state index contributed by atoms with van der Waals surface area (Å²) in [5.41, 5.74) is 2.38. The Morgan fingerprint density at radius 1 is 0.700 bits per heavy atom. The van der Waals surface area contributed by atoms with E-state index in [1.807, 2.05) is 6.07 Å². The first-order chi connectivity index (χ1) is 14.6. The van der Waals surface area contributed by atoms with Gasteiger partial charge in [-0.2, -0.15) is 0 Å². The summed E-state index contributed by atoms with van der Waals surface area (Å²) in [6.45, 7) is -0.0377. The Morgan fingerprint density at radius 3 is 1.97 bits per heavy atom. The van der Waals surface area contributed by atoms with Crippen LogP contribution >= 0.6 is 0 Å². The van der Waals surface area contributed by atoms with Crippen molar-refractivity contribution in [2.45, 2.75) is 0 Å². The maximum absolute atomic E-state index is 12.8. The number of para-hydroxylation sites is 1. The molecule has 0 saturated heterocycles. The maximum atomic E-state index is 12.8. The summed E-state index contributed by atoms with van der Waals surface area (Å²) >= 11 is 0. The van der Waals surface area contributed by atoms with Gasteiger partial charge in [-0.3, -0.25) is 14.4 Å². The Morgan fingerprint density at radius 2 is 1.30 bits per heavy atom. The monoisotopic (exact) mass is 403 g/mol. The van der Waals surface area contributed by atoms with Gasteiger partial charge in [0.15, 0.2) is 0 Å². The summed E-state index contributed by atoms with van der Waals surface area (Å²) in [5, 5.41) is 8.24. The molecular weight excluding hydrogens is 382 g/mol. The molecule has 0 radical (unpaired) electrons. The Labute approximate surface area is 174 Å². The molecule has 0 aromatic heterocycles. The standard InChI is InChI=1S/C23H21N3O4/c1-30-15-21(27)24-17-11-13-18(14-12-17)25-23(29)19-9-5-6-10-20(19)26-22(28)16-7-3-2-4-8-16/h2-14H,15H2,1H3,(H,24,27)(H,25,29)(H,26,28). The fourth-order valence-corrected chi connectivity index (χ4v) is 2.74. The number of nitrogens with one attached hydrogen (secondary N) is 3. The number of hydrogen-bond donors (Lipinski definition) is 3. The van der Waals surface area contributed by atoms with Crippen LogP contribution in [0.25, 0.3) is 0 Å². The summed E-state index contributed by atoms with van der Waals surface area (Å²) in [6, 6.07) is 22.2. The van der Waals surface area contributed by atoms with Crippen LogP contribution in [0.4, 0.5) is 17.1 Å². The molecule has 3 amide bonds. The lowest BCUT2D eigenvalue weighted by Gasteiger charge is -2.12. The molecule has 0 saturated carbocycles. The van der Waals surface area contributed by atoms with Crippen LogP contribution in [-0.2, 0) is 9.53 Å². The second-order valence-electron chi connectivity index (χ2n) is 6.38. The van der Waals surface area contributed by atoms with Crippen LogP contribution in [0.3, 0.4) is 0 Å². The third kappa shape index (κ3) is 5.52. The van der Waals surface area contributed by atoms with E-state index in [0.29, 0.717) is 28.2 Å². The molecule has 0 unspecified atom stereocenters. The summed E-state index contributed by atoms with van der Waals surface area (Å²) in [6.07, 6.45) is 0. The molecule has 0 aliphatic carbocycles. The van der Waals surface area contributed by atoms with Gasteiger partial charge in [-0.05, 0) is 48.5 Å². The van der Waals surface area contributed by atoms with Gasteiger partial charge in [0.1, 0.15) is 6.61 Å². The second-order valence-corrected chi connectivity index (χ2v) is 6.38. The summed E-state index contributed by atoms with van der Waals surface area (Å²) in [7, 11) is 1.44. The highest BCUT2D eigenvalue weighted by atomic mass is 16.5. The van der Waals surface area contributed by atoms with Crippen molar-refractivity contribution in [2.75, 3.05) is 29.7 Å². The molecule has 3 aromatic carbocycles. The molecule has 0 fully saturated rings. The van der Waals surface area contributed by atoms with Gasteiger partial charge in [-0.15, -0.1) is 0 Å². The van der Waals surface area contributed by atoms with Crippen LogP contribution in [0, 0.1) is 0 Å². The molecule has 0 aliphatic rings. The van der Waals surface area contributed by atoms with Crippen molar-refractivity contribution in [3.63, 3.8) is 0 Å². The van der Waals surface area contributed by atoms with Crippen molar-refractivity contribution in [1.82, 2.24) is 0 Å². The zero-order valence-corrected chi connectivity index (χ0v) is 16.3. The van der Waals surface area contributed by atoms with Gasteiger partial charge < -0.3 is 20.7 Å². The van der Waals surface area contributed by atoms with E-state index in [-0.39, 0.29) is 24.3 Å². The lowest BCUT2D eigenvalue weighted by atomic mass is 10.1. The number of rotatable bonds is 7. The van der Waals surface area contributed by atoms with Gasteiger partial charge >= 0.3 is 0 Å². The average molecular weight is 403 g/mol. The molecule has 0 atom stereocenters. The highest BCUT2D eigenvalue weighted by Gasteiger charge is 2.14. The zero-order chi connectivity index (χ0) is 21.3. The number of carbonyl (C=O) groups is 3. The average Bonchev–Trinajstić information content (AvgIpc) is 2.76. The molecule has 30 heavy (non-hydrogen) atoms. The summed E-state index contributed by atoms with van der Waals surface area (Å²) in [4.78, 5) is 36.7. The van der Waals surface area contributed by atoms with Crippen molar-refractivity contribution >= 4 is 34.8 Å². The number of methoxy groups -OCH3 is 1. The van der Waals surface area contributed by atoms with Gasteiger partial charge in [0.25, 0.3) is 11.8 Å². The molecule has 3 aromatic rings. The highest BCUT2D eigenvalue weighted by molar-refractivity contribution is 6.12. The van der Waals surface area contributed by atoms with E-state index >= 15 is 0 Å². The smallest absolute Gasteiger partial charge is 0.257 e. The van der Waals surface area contributed by atoms with Crippen LogP contribution in [0.2, 0.25) is 0 Å². The molecule has 152 valence electrons. The number of hydrogen-bond acceptors (Lipinski definition) is 4. The van der Waals surface area contributed by atoms with Gasteiger partial charge in [0.05, 0.1) is 11.3 Å². The van der Waals surface area contributed by atoms with E-state index < -0.39 is 0 Å². The quantitative estimate of drug-likeness (QED) is 0.559. The Hall–Kier alpha value is -3.97. The minimum absolute atomic E-state index is 0.0377. The van der Waals surface area contributed by atoms with Crippen molar-refractivity contribution in [3.8, 4) is 0 Å². The molecule has 0 spiro atoms. The van der Waals surface area contributed by atoms with E-state index in [4.69, 9.17) is 4.74 Å². The molecule has 7 nitrogen and oxygen atoms in total. The highest BCUT2D eigenvalue weighted by Crippen LogP contribution is 2.19. The van der Waals surface area contributed by atoms with Crippen molar-refractivity contribution in [3.05, 3.63) is 90.0 Å². The molecular formula is C23H21N3O4. The Bertz CT molecular complexity index is 1030.